The van der Waals surface area contributed by atoms with Crippen LogP contribution >= 0.6 is 11.8 Å². The van der Waals surface area contributed by atoms with E-state index >= 15 is 0 Å². The molecule has 1 aromatic carbocycles. The Morgan fingerprint density at radius 3 is 2.62 bits per heavy atom. The minimum Gasteiger partial charge on any atom is -0.396 e. The molecule has 0 radical (unpaired) electrons. The van der Waals surface area contributed by atoms with Gasteiger partial charge < -0.3 is 5.73 Å². The highest BCUT2D eigenvalue weighted by molar-refractivity contribution is 7.99. The number of nitrogen functional groups attached to an aromatic ring is 1. The number of aryl methyl sites for hydroxylation is 1. The molecule has 1 aromatic rings. The van der Waals surface area contributed by atoms with E-state index in [0.717, 1.165) is 24.0 Å². The lowest BCUT2D eigenvalue weighted by Crippen LogP contribution is -2.34. The van der Waals surface area contributed by atoms with Gasteiger partial charge in [-0.1, -0.05) is 6.92 Å². The molecule has 1 rings (SSSR count). The Labute approximate surface area is 130 Å². The van der Waals surface area contributed by atoms with Gasteiger partial charge in [-0.3, -0.25) is 0 Å². The first-order valence-electron chi connectivity index (χ1n) is 6.86. The van der Waals surface area contributed by atoms with Crippen molar-refractivity contribution < 1.29 is 12.8 Å². The van der Waals surface area contributed by atoms with Gasteiger partial charge in [-0.25, -0.2) is 17.5 Å². The number of hydrogen-bond acceptors (Lipinski definition) is 4. The van der Waals surface area contributed by atoms with E-state index in [-0.39, 0.29) is 22.2 Å². The Morgan fingerprint density at radius 2 is 2.05 bits per heavy atom. The molecular formula is C14H23FN2O2S2. The van der Waals surface area contributed by atoms with Crippen molar-refractivity contribution in [3.8, 4) is 0 Å². The SMILES string of the molecule is CCSCCC(C)NS(=O)(=O)c1c(C)cc(F)c(N)c1C. The molecule has 0 saturated carbocycles. The van der Waals surface area contributed by atoms with Crippen molar-refractivity contribution >= 4 is 27.5 Å². The summed E-state index contributed by atoms with van der Waals surface area (Å²) in [5, 5.41) is 0. The molecule has 1 atom stereocenters. The zero-order valence-corrected chi connectivity index (χ0v) is 14.5. The average molecular weight is 334 g/mol. The van der Waals surface area contributed by atoms with Crippen LogP contribution < -0.4 is 10.5 Å². The summed E-state index contributed by atoms with van der Waals surface area (Å²) in [6, 6.07) is 0.980. The summed E-state index contributed by atoms with van der Waals surface area (Å²) in [5.74, 6) is 1.31. The third-order valence-corrected chi connectivity index (χ3v) is 6.04. The van der Waals surface area contributed by atoms with Crippen LogP contribution in [-0.4, -0.2) is 26.0 Å². The quantitative estimate of drug-likeness (QED) is 0.594. The Bertz CT molecular complexity index is 603. The summed E-state index contributed by atoms with van der Waals surface area (Å²) < 4.78 is 41.1. The molecule has 21 heavy (non-hydrogen) atoms. The van der Waals surface area contributed by atoms with Crippen LogP contribution in [0, 0.1) is 19.7 Å². The van der Waals surface area contributed by atoms with Gasteiger partial charge in [0, 0.05) is 6.04 Å². The molecule has 0 heterocycles. The first-order chi connectivity index (χ1) is 9.70. The maximum atomic E-state index is 13.5. The summed E-state index contributed by atoms with van der Waals surface area (Å²) in [5.41, 5.74) is 6.11. The fourth-order valence-electron chi connectivity index (χ4n) is 2.13. The van der Waals surface area contributed by atoms with Gasteiger partial charge in [0.25, 0.3) is 0 Å². The minimum atomic E-state index is -3.70. The minimum absolute atomic E-state index is 0.0800. The molecule has 0 amide bonds. The highest BCUT2D eigenvalue weighted by Gasteiger charge is 2.24. The number of thioether (sulfide) groups is 1. The van der Waals surface area contributed by atoms with Gasteiger partial charge >= 0.3 is 0 Å². The van der Waals surface area contributed by atoms with Crippen LogP contribution in [0.2, 0.25) is 0 Å². The Kier molecular flexibility index (Phi) is 6.49. The first-order valence-corrected chi connectivity index (χ1v) is 9.49. The van der Waals surface area contributed by atoms with E-state index in [1.165, 1.54) is 6.92 Å². The van der Waals surface area contributed by atoms with Crippen LogP contribution in [0.5, 0.6) is 0 Å². The number of hydrogen-bond donors (Lipinski definition) is 2. The lowest BCUT2D eigenvalue weighted by Gasteiger charge is -2.18. The summed E-state index contributed by atoms with van der Waals surface area (Å²) in [7, 11) is -3.70. The third kappa shape index (κ3) is 4.59. The van der Waals surface area contributed by atoms with Crippen molar-refractivity contribution in [1.29, 1.82) is 0 Å². The summed E-state index contributed by atoms with van der Waals surface area (Å²) in [4.78, 5) is 0.0800. The summed E-state index contributed by atoms with van der Waals surface area (Å²) in [6.45, 7) is 6.98. The van der Waals surface area contributed by atoms with Gasteiger partial charge in [0.2, 0.25) is 10.0 Å². The van der Waals surface area contributed by atoms with Gasteiger partial charge in [-0.2, -0.15) is 11.8 Å². The van der Waals surface area contributed by atoms with E-state index in [9.17, 15) is 12.8 Å². The van der Waals surface area contributed by atoms with E-state index in [1.54, 1.807) is 18.7 Å². The number of nitrogens with one attached hydrogen (secondary N) is 1. The van der Waals surface area contributed by atoms with E-state index in [2.05, 4.69) is 11.6 Å². The first kappa shape index (κ1) is 18.3. The largest absolute Gasteiger partial charge is 0.396 e. The van der Waals surface area contributed by atoms with E-state index in [1.807, 2.05) is 6.92 Å². The number of halogens is 1. The van der Waals surface area contributed by atoms with Crippen molar-refractivity contribution in [2.24, 2.45) is 0 Å². The molecule has 0 aliphatic heterocycles. The number of rotatable bonds is 7. The standard InChI is InChI=1S/C14H23FN2O2S2/c1-5-20-7-6-10(3)17-21(18,19)14-9(2)8-12(15)13(16)11(14)4/h8,10,17H,5-7,16H2,1-4H3. The number of benzene rings is 1. The third-order valence-electron chi connectivity index (χ3n) is 3.23. The zero-order chi connectivity index (χ0) is 16.2. The lowest BCUT2D eigenvalue weighted by atomic mass is 10.1. The second-order valence-corrected chi connectivity index (χ2v) is 8.10. The number of nitrogens with two attached hydrogens (primary N) is 1. The maximum Gasteiger partial charge on any atom is 0.241 e. The highest BCUT2D eigenvalue weighted by atomic mass is 32.2. The molecule has 0 aromatic heterocycles. The van der Waals surface area contributed by atoms with Gasteiger partial charge in [0.1, 0.15) is 5.82 Å². The molecule has 0 saturated heterocycles. The topological polar surface area (TPSA) is 72.2 Å². The predicted octanol–water partition coefficient (Wildman–Crippen LogP) is 2.83. The van der Waals surface area contributed by atoms with Crippen molar-refractivity contribution in [2.75, 3.05) is 17.2 Å². The highest BCUT2D eigenvalue weighted by Crippen LogP contribution is 2.27. The fourth-order valence-corrected chi connectivity index (χ4v) is 4.70. The molecule has 1 unspecified atom stereocenters. The number of anilines is 1. The Balaban J connectivity index is 3.01. The normalized spacial score (nSPS) is 13.4. The molecule has 0 aliphatic carbocycles. The van der Waals surface area contributed by atoms with E-state index in [4.69, 9.17) is 5.73 Å². The van der Waals surface area contributed by atoms with Gasteiger partial charge in [-0.05, 0) is 55.9 Å². The molecule has 0 aliphatic rings. The fraction of sp³-hybridized carbons (Fsp3) is 0.571. The Hall–Kier alpha value is -0.790. The van der Waals surface area contributed by atoms with E-state index < -0.39 is 15.8 Å². The molecular weight excluding hydrogens is 311 g/mol. The monoisotopic (exact) mass is 334 g/mol. The van der Waals surface area contributed by atoms with Crippen molar-refractivity contribution in [1.82, 2.24) is 4.72 Å². The van der Waals surface area contributed by atoms with Gasteiger partial charge in [0.15, 0.2) is 0 Å². The van der Waals surface area contributed by atoms with Crippen LogP contribution in [0.3, 0.4) is 0 Å². The van der Waals surface area contributed by atoms with Crippen molar-refractivity contribution in [2.45, 2.75) is 45.1 Å². The van der Waals surface area contributed by atoms with Gasteiger partial charge in [0.05, 0.1) is 10.6 Å². The maximum absolute atomic E-state index is 13.5. The van der Waals surface area contributed by atoms with Crippen LogP contribution in [0.1, 0.15) is 31.4 Å². The second-order valence-electron chi connectivity index (χ2n) is 5.05. The van der Waals surface area contributed by atoms with Crippen LogP contribution in [0.25, 0.3) is 0 Å². The molecule has 120 valence electrons. The van der Waals surface area contributed by atoms with Crippen molar-refractivity contribution in [3.63, 3.8) is 0 Å². The molecule has 0 fully saturated rings. The van der Waals surface area contributed by atoms with Crippen LogP contribution in [0.4, 0.5) is 10.1 Å². The smallest absolute Gasteiger partial charge is 0.241 e. The number of sulfonamides is 1. The van der Waals surface area contributed by atoms with Crippen LogP contribution in [-0.2, 0) is 10.0 Å². The predicted molar refractivity (Wildman–Crippen MR) is 87.7 cm³/mol. The molecule has 0 spiro atoms. The lowest BCUT2D eigenvalue weighted by molar-refractivity contribution is 0.555. The summed E-state index contributed by atoms with van der Waals surface area (Å²) in [6.07, 6.45) is 0.743. The molecule has 0 bridgehead atoms. The second kappa shape index (κ2) is 7.47. The van der Waals surface area contributed by atoms with E-state index in [0.29, 0.717) is 5.56 Å². The average Bonchev–Trinajstić information content (AvgIpc) is 2.35. The van der Waals surface area contributed by atoms with Crippen molar-refractivity contribution in [3.05, 3.63) is 23.0 Å². The molecule has 4 nitrogen and oxygen atoms in total. The molecule has 3 N–H and O–H groups in total. The Morgan fingerprint density at radius 1 is 1.43 bits per heavy atom. The molecule has 7 heteroatoms. The van der Waals surface area contributed by atoms with Gasteiger partial charge in [-0.15, -0.1) is 0 Å². The zero-order valence-electron chi connectivity index (χ0n) is 12.9. The van der Waals surface area contributed by atoms with Crippen LogP contribution in [0.15, 0.2) is 11.0 Å². The summed E-state index contributed by atoms with van der Waals surface area (Å²) >= 11 is 1.76.